The van der Waals surface area contributed by atoms with E-state index in [1.807, 2.05) is 18.3 Å². The molecule has 0 bridgehead atoms. The van der Waals surface area contributed by atoms with Crippen LogP contribution in [0.1, 0.15) is 37.6 Å². The maximum Gasteiger partial charge on any atom is 0.127 e. The fourth-order valence-electron chi connectivity index (χ4n) is 4.79. The van der Waals surface area contributed by atoms with Crippen molar-refractivity contribution in [1.29, 1.82) is 0 Å². The van der Waals surface area contributed by atoms with E-state index >= 15 is 0 Å². The Morgan fingerprint density at radius 3 is 2.69 bits per heavy atom. The number of piperidine rings is 1. The number of hydrogen-bond acceptors (Lipinski definition) is 3. The van der Waals surface area contributed by atoms with Gasteiger partial charge in [-0.2, -0.15) is 0 Å². The van der Waals surface area contributed by atoms with Crippen LogP contribution in [0.5, 0.6) is 0 Å². The van der Waals surface area contributed by atoms with Crippen LogP contribution in [0.4, 0.5) is 4.39 Å². The summed E-state index contributed by atoms with van der Waals surface area (Å²) in [4.78, 5) is 9.55. The Hall–Kier alpha value is -1.72. The van der Waals surface area contributed by atoms with E-state index in [0.29, 0.717) is 5.41 Å². The van der Waals surface area contributed by atoms with Crippen molar-refractivity contribution in [3.8, 4) is 0 Å². The second-order valence-electron chi connectivity index (χ2n) is 8.00. The Balaban J connectivity index is 1.39. The summed E-state index contributed by atoms with van der Waals surface area (Å²) in [5.41, 5.74) is 1.19. The van der Waals surface area contributed by atoms with Gasteiger partial charge in [-0.25, -0.2) is 9.37 Å². The molecule has 5 heteroatoms. The molecule has 3 heterocycles. The third-order valence-electron chi connectivity index (χ3n) is 6.12. The van der Waals surface area contributed by atoms with E-state index in [1.54, 1.807) is 12.1 Å². The largest absolute Gasteiger partial charge is 0.334 e. The van der Waals surface area contributed by atoms with Gasteiger partial charge in [0, 0.05) is 44.1 Å². The van der Waals surface area contributed by atoms with Gasteiger partial charge in [-0.15, -0.1) is 0 Å². The van der Waals surface area contributed by atoms with Crippen molar-refractivity contribution in [1.82, 2.24) is 19.4 Å². The molecule has 1 spiro atoms. The summed E-state index contributed by atoms with van der Waals surface area (Å²) in [5.74, 6) is 1.09. The van der Waals surface area contributed by atoms with Crippen LogP contribution in [0, 0.1) is 11.2 Å². The van der Waals surface area contributed by atoms with Gasteiger partial charge in [-0.3, -0.25) is 9.80 Å². The molecule has 1 aromatic carbocycles. The molecule has 0 amide bonds. The second kappa shape index (κ2) is 7.49. The van der Waals surface area contributed by atoms with E-state index in [1.165, 1.54) is 25.1 Å². The van der Waals surface area contributed by atoms with E-state index < -0.39 is 0 Å². The standard InChI is InChI=1S/C21H29FN4/c1-2-26-13-10-23-20(26)15-25-12-9-21(17-25)8-5-11-24(16-21)14-18-6-3-4-7-19(18)22/h3-4,6-7,10,13H,2,5,8-9,11-12,14-17H2,1H3. The highest BCUT2D eigenvalue weighted by Crippen LogP contribution is 2.39. The lowest BCUT2D eigenvalue weighted by Gasteiger charge is -2.40. The average Bonchev–Trinajstić information content (AvgIpc) is 3.24. The fraction of sp³-hybridized carbons (Fsp3) is 0.571. The zero-order valence-electron chi connectivity index (χ0n) is 15.7. The molecule has 0 aliphatic carbocycles. The highest BCUT2D eigenvalue weighted by molar-refractivity contribution is 5.17. The molecule has 0 N–H and O–H groups in total. The van der Waals surface area contributed by atoms with Crippen LogP contribution in [-0.2, 0) is 19.6 Å². The minimum absolute atomic E-state index is 0.0772. The summed E-state index contributed by atoms with van der Waals surface area (Å²) in [6.07, 6.45) is 7.72. The van der Waals surface area contributed by atoms with E-state index in [9.17, 15) is 4.39 Å². The Morgan fingerprint density at radius 2 is 1.88 bits per heavy atom. The van der Waals surface area contributed by atoms with Crippen molar-refractivity contribution in [2.24, 2.45) is 5.41 Å². The van der Waals surface area contributed by atoms with Crippen LogP contribution >= 0.6 is 0 Å². The molecule has 0 saturated carbocycles. The summed E-state index contributed by atoms with van der Waals surface area (Å²) in [7, 11) is 0. The average molecular weight is 356 g/mol. The predicted molar refractivity (Wildman–Crippen MR) is 101 cm³/mol. The fourth-order valence-corrected chi connectivity index (χ4v) is 4.79. The molecule has 1 unspecified atom stereocenters. The summed E-state index contributed by atoms with van der Waals surface area (Å²) >= 11 is 0. The van der Waals surface area contributed by atoms with Crippen LogP contribution in [0.25, 0.3) is 0 Å². The first kappa shape index (κ1) is 17.7. The van der Waals surface area contributed by atoms with Crippen LogP contribution in [0.2, 0.25) is 0 Å². The first-order valence-electron chi connectivity index (χ1n) is 9.86. The summed E-state index contributed by atoms with van der Waals surface area (Å²) in [6, 6.07) is 7.20. The second-order valence-corrected chi connectivity index (χ2v) is 8.00. The number of aromatic nitrogens is 2. The third-order valence-corrected chi connectivity index (χ3v) is 6.12. The molecule has 1 aromatic heterocycles. The van der Waals surface area contributed by atoms with Gasteiger partial charge in [0.15, 0.2) is 0 Å². The van der Waals surface area contributed by atoms with Crippen molar-refractivity contribution in [3.63, 3.8) is 0 Å². The molecular formula is C21H29FN4. The number of benzene rings is 1. The predicted octanol–water partition coefficient (Wildman–Crippen LogP) is 3.53. The smallest absolute Gasteiger partial charge is 0.127 e. The van der Waals surface area contributed by atoms with E-state index in [2.05, 4.69) is 32.5 Å². The molecule has 140 valence electrons. The zero-order chi connectivity index (χ0) is 18.0. The van der Waals surface area contributed by atoms with Crippen LogP contribution in [0.15, 0.2) is 36.7 Å². The van der Waals surface area contributed by atoms with Crippen molar-refractivity contribution < 1.29 is 4.39 Å². The zero-order valence-corrected chi connectivity index (χ0v) is 15.7. The molecule has 4 nitrogen and oxygen atoms in total. The van der Waals surface area contributed by atoms with Gasteiger partial charge in [-0.05, 0) is 50.8 Å². The monoisotopic (exact) mass is 356 g/mol. The molecule has 2 aromatic rings. The highest BCUT2D eigenvalue weighted by Gasteiger charge is 2.41. The maximum atomic E-state index is 14.0. The molecular weight excluding hydrogens is 327 g/mol. The molecule has 2 aliphatic rings. The van der Waals surface area contributed by atoms with Crippen LogP contribution in [-0.4, -0.2) is 45.5 Å². The number of halogens is 1. The summed E-state index contributed by atoms with van der Waals surface area (Å²) < 4.78 is 16.2. The molecule has 2 saturated heterocycles. The SMILES string of the molecule is CCn1ccnc1CN1CCC2(CCCN(Cc3ccccc3F)C2)C1. The van der Waals surface area contributed by atoms with Crippen LogP contribution < -0.4 is 0 Å². The first-order valence-corrected chi connectivity index (χ1v) is 9.86. The first-order chi connectivity index (χ1) is 12.7. The number of rotatable bonds is 5. The summed E-state index contributed by atoms with van der Waals surface area (Å²) in [5, 5.41) is 0. The molecule has 4 rings (SSSR count). The highest BCUT2D eigenvalue weighted by atomic mass is 19.1. The molecule has 0 radical (unpaired) electrons. The molecule has 2 aliphatic heterocycles. The van der Waals surface area contributed by atoms with Gasteiger partial charge < -0.3 is 4.57 Å². The normalized spacial score (nSPS) is 24.5. The maximum absolute atomic E-state index is 14.0. The minimum Gasteiger partial charge on any atom is -0.334 e. The Kier molecular flexibility index (Phi) is 5.09. The van der Waals surface area contributed by atoms with Gasteiger partial charge in [-0.1, -0.05) is 18.2 Å². The van der Waals surface area contributed by atoms with Crippen molar-refractivity contribution in [3.05, 3.63) is 53.9 Å². The summed E-state index contributed by atoms with van der Waals surface area (Å²) in [6.45, 7) is 9.26. The Morgan fingerprint density at radius 1 is 1.08 bits per heavy atom. The quantitative estimate of drug-likeness (QED) is 0.819. The molecule has 26 heavy (non-hydrogen) atoms. The number of nitrogens with zero attached hydrogens (tertiary/aromatic N) is 4. The van der Waals surface area contributed by atoms with Gasteiger partial charge in [0.1, 0.15) is 11.6 Å². The van der Waals surface area contributed by atoms with Crippen molar-refractivity contribution in [2.45, 2.75) is 45.8 Å². The van der Waals surface area contributed by atoms with Gasteiger partial charge in [0.25, 0.3) is 0 Å². The number of imidazole rings is 1. The van der Waals surface area contributed by atoms with E-state index in [-0.39, 0.29) is 5.82 Å². The van der Waals surface area contributed by atoms with Crippen LogP contribution in [0.3, 0.4) is 0 Å². The van der Waals surface area contributed by atoms with E-state index in [0.717, 1.165) is 51.4 Å². The number of likely N-dealkylation sites (tertiary alicyclic amines) is 2. The van der Waals surface area contributed by atoms with Gasteiger partial charge >= 0.3 is 0 Å². The molecule has 1 atom stereocenters. The lowest BCUT2D eigenvalue weighted by Crippen LogP contribution is -2.44. The van der Waals surface area contributed by atoms with E-state index in [4.69, 9.17) is 0 Å². The van der Waals surface area contributed by atoms with Gasteiger partial charge in [0.05, 0.1) is 6.54 Å². The number of aryl methyl sites for hydroxylation is 1. The molecule has 2 fully saturated rings. The Bertz CT molecular complexity index is 743. The number of hydrogen-bond donors (Lipinski definition) is 0. The third kappa shape index (κ3) is 3.69. The van der Waals surface area contributed by atoms with Crippen molar-refractivity contribution in [2.75, 3.05) is 26.2 Å². The van der Waals surface area contributed by atoms with Gasteiger partial charge in [0.2, 0.25) is 0 Å². The lowest BCUT2D eigenvalue weighted by molar-refractivity contribution is 0.0854. The lowest BCUT2D eigenvalue weighted by atomic mass is 9.79. The topological polar surface area (TPSA) is 24.3 Å². The Labute approximate surface area is 155 Å². The van der Waals surface area contributed by atoms with Crippen molar-refractivity contribution >= 4 is 0 Å². The minimum atomic E-state index is -0.0772.